The van der Waals surface area contributed by atoms with Gasteiger partial charge in [0, 0.05) is 47.7 Å². The summed E-state index contributed by atoms with van der Waals surface area (Å²) >= 11 is 1.86. The fraction of sp³-hybridized carbons (Fsp3) is 0.0612. The maximum atomic E-state index is 6.85. The van der Waals surface area contributed by atoms with Crippen LogP contribution in [0.5, 0.6) is 0 Å². The molecule has 0 spiro atoms. The van der Waals surface area contributed by atoms with Gasteiger partial charge in [-0.2, -0.15) is 0 Å². The lowest BCUT2D eigenvalue weighted by Crippen LogP contribution is -2.16. The highest BCUT2D eigenvalue weighted by molar-refractivity contribution is 7.25. The molecule has 0 bridgehead atoms. The van der Waals surface area contributed by atoms with Crippen LogP contribution in [0.15, 0.2) is 168 Å². The van der Waals surface area contributed by atoms with E-state index in [2.05, 4.69) is 183 Å². The van der Waals surface area contributed by atoms with Gasteiger partial charge in [-0.05, 0) is 93.4 Å². The number of hydrogen-bond acceptors (Lipinski definition) is 3. The molecule has 0 atom stereocenters. The molecular weight excluding hydrogens is 651 g/mol. The van der Waals surface area contributed by atoms with Crippen LogP contribution in [-0.2, 0) is 5.41 Å². The van der Waals surface area contributed by atoms with E-state index in [1.54, 1.807) is 0 Å². The van der Waals surface area contributed by atoms with Crippen molar-refractivity contribution in [1.82, 2.24) is 0 Å². The number of thiophene rings is 1. The Balaban J connectivity index is 1.17. The first-order chi connectivity index (χ1) is 25.5. The van der Waals surface area contributed by atoms with Gasteiger partial charge in [-0.3, -0.25) is 0 Å². The SMILES string of the molecule is CC1(C)c2ccccc2-c2ccc(N(c3ccccc3)c3cccc4oc5c6ccccc6c(-c6ccc7c(c6)sc6ccccc67)cc5c34)cc21. The molecule has 2 aromatic heterocycles. The Morgan fingerprint density at radius 3 is 2.10 bits per heavy atom. The molecule has 0 saturated heterocycles. The zero-order valence-corrected chi connectivity index (χ0v) is 29.7. The standard InChI is InChI=1S/C49H33NOS/c1-49(2)41-19-10-8-16-34(41)35-26-24-32(28-42(35)49)50(31-13-4-3-5-14-31)43-20-12-21-44-47(43)40-29-39(33-15-6-7-18-38(33)48(40)51-44)30-23-25-37-36-17-9-11-22-45(36)52-46(37)27-30/h3-29H,1-2H3. The molecule has 0 amide bonds. The quantitative estimate of drug-likeness (QED) is 0.184. The van der Waals surface area contributed by atoms with E-state index in [0.717, 1.165) is 44.4 Å². The molecule has 2 nitrogen and oxygen atoms in total. The lowest BCUT2D eigenvalue weighted by molar-refractivity contribution is 0.660. The number of para-hydroxylation sites is 1. The van der Waals surface area contributed by atoms with Crippen molar-refractivity contribution >= 4 is 81.3 Å². The highest BCUT2D eigenvalue weighted by atomic mass is 32.1. The van der Waals surface area contributed by atoms with Gasteiger partial charge in [-0.25, -0.2) is 0 Å². The maximum absolute atomic E-state index is 6.85. The molecular formula is C49H33NOS. The van der Waals surface area contributed by atoms with E-state index in [1.165, 1.54) is 58.9 Å². The van der Waals surface area contributed by atoms with Crippen LogP contribution < -0.4 is 4.90 Å². The molecule has 0 saturated carbocycles. The number of anilines is 3. The normalized spacial score (nSPS) is 13.3. The highest BCUT2D eigenvalue weighted by Gasteiger charge is 2.36. The summed E-state index contributed by atoms with van der Waals surface area (Å²) in [5.74, 6) is 0. The monoisotopic (exact) mass is 683 g/mol. The number of rotatable bonds is 4. The van der Waals surface area contributed by atoms with E-state index in [9.17, 15) is 0 Å². The van der Waals surface area contributed by atoms with Crippen LogP contribution in [0.25, 0.3) is 75.1 Å². The summed E-state index contributed by atoms with van der Waals surface area (Å²) in [6.45, 7) is 4.70. The first kappa shape index (κ1) is 29.6. The topological polar surface area (TPSA) is 16.4 Å². The van der Waals surface area contributed by atoms with Crippen molar-refractivity contribution in [2.24, 2.45) is 0 Å². The first-order valence-electron chi connectivity index (χ1n) is 17.9. The number of benzene rings is 8. The number of nitrogens with zero attached hydrogens (tertiary/aromatic N) is 1. The second kappa shape index (κ2) is 10.9. The lowest BCUT2D eigenvalue weighted by Gasteiger charge is -2.28. The molecule has 8 aromatic carbocycles. The Morgan fingerprint density at radius 1 is 0.481 bits per heavy atom. The van der Waals surface area contributed by atoms with Gasteiger partial charge in [0.2, 0.25) is 0 Å². The summed E-state index contributed by atoms with van der Waals surface area (Å²) in [5.41, 5.74) is 12.8. The average molecular weight is 684 g/mol. The molecule has 1 aliphatic carbocycles. The predicted octanol–water partition coefficient (Wildman–Crippen LogP) is 14.6. The predicted molar refractivity (Wildman–Crippen MR) is 222 cm³/mol. The highest BCUT2D eigenvalue weighted by Crippen LogP contribution is 2.52. The van der Waals surface area contributed by atoms with Crippen LogP contribution in [0, 0.1) is 0 Å². The smallest absolute Gasteiger partial charge is 0.143 e. The lowest BCUT2D eigenvalue weighted by atomic mass is 9.82. The second-order valence-corrected chi connectivity index (χ2v) is 15.6. The number of hydrogen-bond donors (Lipinski definition) is 0. The Kier molecular flexibility index (Phi) is 6.21. The molecule has 0 unspecified atom stereocenters. The molecule has 0 aliphatic heterocycles. The molecule has 3 heteroatoms. The molecule has 10 aromatic rings. The molecule has 11 rings (SSSR count). The van der Waals surface area contributed by atoms with E-state index in [-0.39, 0.29) is 5.41 Å². The average Bonchev–Trinajstić information content (AvgIpc) is 3.83. The van der Waals surface area contributed by atoms with Crippen LogP contribution in [-0.4, -0.2) is 0 Å². The number of furan rings is 1. The van der Waals surface area contributed by atoms with Gasteiger partial charge < -0.3 is 9.32 Å². The Bertz CT molecular complexity index is 3060. The first-order valence-corrected chi connectivity index (χ1v) is 18.7. The van der Waals surface area contributed by atoms with E-state index in [0.29, 0.717) is 0 Å². The van der Waals surface area contributed by atoms with Crippen LogP contribution in [0.1, 0.15) is 25.0 Å². The minimum atomic E-state index is -0.109. The largest absolute Gasteiger partial charge is 0.455 e. The van der Waals surface area contributed by atoms with Gasteiger partial charge in [0.1, 0.15) is 11.2 Å². The fourth-order valence-corrected chi connectivity index (χ4v) is 9.93. The summed E-state index contributed by atoms with van der Waals surface area (Å²) in [6, 6.07) is 59.8. The van der Waals surface area contributed by atoms with Crippen molar-refractivity contribution in [2.45, 2.75) is 19.3 Å². The van der Waals surface area contributed by atoms with Gasteiger partial charge in [0.25, 0.3) is 0 Å². The zero-order valence-electron chi connectivity index (χ0n) is 28.9. The fourth-order valence-electron chi connectivity index (χ4n) is 8.78. The van der Waals surface area contributed by atoms with Gasteiger partial charge in [-0.15, -0.1) is 11.3 Å². The molecule has 1 aliphatic rings. The maximum Gasteiger partial charge on any atom is 0.143 e. The van der Waals surface area contributed by atoms with E-state index >= 15 is 0 Å². The molecule has 0 N–H and O–H groups in total. The van der Waals surface area contributed by atoms with Crippen LogP contribution in [0.2, 0.25) is 0 Å². The van der Waals surface area contributed by atoms with E-state index < -0.39 is 0 Å². The Labute approximate surface area is 305 Å². The summed E-state index contributed by atoms with van der Waals surface area (Å²) in [6.07, 6.45) is 0. The van der Waals surface area contributed by atoms with E-state index in [4.69, 9.17) is 4.42 Å². The second-order valence-electron chi connectivity index (χ2n) is 14.5. The molecule has 52 heavy (non-hydrogen) atoms. The van der Waals surface area contributed by atoms with Crippen LogP contribution in [0.3, 0.4) is 0 Å². The molecule has 246 valence electrons. The van der Waals surface area contributed by atoms with Crippen molar-refractivity contribution < 1.29 is 4.42 Å². The summed E-state index contributed by atoms with van der Waals surface area (Å²) in [4.78, 5) is 2.41. The minimum absolute atomic E-state index is 0.109. The van der Waals surface area contributed by atoms with E-state index in [1.807, 2.05) is 11.3 Å². The van der Waals surface area contributed by atoms with Gasteiger partial charge in [0.05, 0.1) is 11.1 Å². The Morgan fingerprint density at radius 2 is 1.21 bits per heavy atom. The molecule has 0 radical (unpaired) electrons. The van der Waals surface area contributed by atoms with Gasteiger partial charge in [-0.1, -0.05) is 123 Å². The van der Waals surface area contributed by atoms with Crippen molar-refractivity contribution in [3.05, 3.63) is 175 Å². The van der Waals surface area contributed by atoms with Crippen LogP contribution >= 0.6 is 11.3 Å². The van der Waals surface area contributed by atoms with Crippen molar-refractivity contribution in [1.29, 1.82) is 0 Å². The van der Waals surface area contributed by atoms with Gasteiger partial charge >= 0.3 is 0 Å². The van der Waals surface area contributed by atoms with Crippen molar-refractivity contribution in [2.75, 3.05) is 4.90 Å². The molecule has 0 fully saturated rings. The van der Waals surface area contributed by atoms with Crippen molar-refractivity contribution in [3.63, 3.8) is 0 Å². The molecule has 2 heterocycles. The third-order valence-electron chi connectivity index (χ3n) is 11.3. The van der Waals surface area contributed by atoms with Gasteiger partial charge in [0.15, 0.2) is 0 Å². The minimum Gasteiger partial charge on any atom is -0.455 e. The zero-order chi connectivity index (χ0) is 34.6. The van der Waals surface area contributed by atoms with Crippen molar-refractivity contribution in [3.8, 4) is 22.3 Å². The summed E-state index contributed by atoms with van der Waals surface area (Å²) in [7, 11) is 0. The third kappa shape index (κ3) is 4.17. The third-order valence-corrected chi connectivity index (χ3v) is 12.4. The van der Waals surface area contributed by atoms with Crippen LogP contribution in [0.4, 0.5) is 17.1 Å². The summed E-state index contributed by atoms with van der Waals surface area (Å²) < 4.78 is 9.48. The number of fused-ring (bicyclic) bond motifs is 11. The summed E-state index contributed by atoms with van der Waals surface area (Å²) in [5, 5.41) is 7.17. The Hall–Kier alpha value is -6.16.